The highest BCUT2D eigenvalue weighted by Gasteiger charge is 2.02. The van der Waals surface area contributed by atoms with E-state index in [1.165, 1.54) is 11.1 Å². The van der Waals surface area contributed by atoms with Crippen molar-refractivity contribution < 1.29 is 4.79 Å². The first-order valence-corrected chi connectivity index (χ1v) is 6.31. The van der Waals surface area contributed by atoms with Crippen molar-refractivity contribution >= 4 is 11.7 Å². The molecule has 0 radical (unpaired) electrons. The van der Waals surface area contributed by atoms with Crippen molar-refractivity contribution in [1.29, 1.82) is 0 Å². The van der Waals surface area contributed by atoms with Gasteiger partial charge < -0.3 is 10.6 Å². The maximum Gasteiger partial charge on any atom is 0.319 e. The Balaban J connectivity index is 2.53. The average molecular weight is 234 g/mol. The van der Waals surface area contributed by atoms with Crippen LogP contribution in [0, 0.1) is 6.92 Å². The summed E-state index contributed by atoms with van der Waals surface area (Å²) in [6.45, 7) is 7.04. The van der Waals surface area contributed by atoms with Crippen molar-refractivity contribution in [2.45, 2.75) is 40.0 Å². The van der Waals surface area contributed by atoms with Gasteiger partial charge in [-0.25, -0.2) is 4.79 Å². The van der Waals surface area contributed by atoms with Gasteiger partial charge in [0.25, 0.3) is 0 Å². The van der Waals surface area contributed by atoms with Crippen LogP contribution in [0.2, 0.25) is 0 Å². The molecule has 0 atom stereocenters. The van der Waals surface area contributed by atoms with Gasteiger partial charge in [0, 0.05) is 12.2 Å². The molecule has 1 rings (SSSR count). The lowest BCUT2D eigenvalue weighted by molar-refractivity contribution is 0.252. The van der Waals surface area contributed by atoms with Gasteiger partial charge in [-0.3, -0.25) is 0 Å². The van der Waals surface area contributed by atoms with Gasteiger partial charge in [0.15, 0.2) is 0 Å². The molecule has 0 unspecified atom stereocenters. The van der Waals surface area contributed by atoms with Crippen molar-refractivity contribution in [3.63, 3.8) is 0 Å². The topological polar surface area (TPSA) is 41.1 Å². The molecule has 0 bridgehead atoms. The van der Waals surface area contributed by atoms with Crippen LogP contribution in [0.1, 0.15) is 37.8 Å². The SMILES string of the molecule is CCCCNC(=O)Nc1ccc(C)c(CC)c1. The first-order chi connectivity index (χ1) is 8.17. The predicted octanol–water partition coefficient (Wildman–Crippen LogP) is 3.48. The largest absolute Gasteiger partial charge is 0.338 e. The van der Waals surface area contributed by atoms with Crippen LogP contribution < -0.4 is 10.6 Å². The predicted molar refractivity (Wildman–Crippen MR) is 72.5 cm³/mol. The van der Waals surface area contributed by atoms with E-state index in [0.717, 1.165) is 31.5 Å². The van der Waals surface area contributed by atoms with Crippen molar-refractivity contribution in [2.75, 3.05) is 11.9 Å². The molecular formula is C14H22N2O. The van der Waals surface area contributed by atoms with E-state index in [4.69, 9.17) is 0 Å². The van der Waals surface area contributed by atoms with Gasteiger partial charge in [0.2, 0.25) is 0 Å². The van der Waals surface area contributed by atoms with E-state index in [2.05, 4.69) is 31.4 Å². The monoisotopic (exact) mass is 234 g/mol. The van der Waals surface area contributed by atoms with Crippen LogP contribution in [0.3, 0.4) is 0 Å². The number of nitrogens with one attached hydrogen (secondary N) is 2. The number of rotatable bonds is 5. The Labute approximate surface area is 104 Å². The molecule has 2 amide bonds. The third-order valence-electron chi connectivity index (χ3n) is 2.80. The first kappa shape index (κ1) is 13.6. The van der Waals surface area contributed by atoms with Crippen LogP contribution >= 0.6 is 0 Å². The highest BCUT2D eigenvalue weighted by Crippen LogP contribution is 2.15. The fourth-order valence-corrected chi connectivity index (χ4v) is 1.68. The summed E-state index contributed by atoms with van der Waals surface area (Å²) in [4.78, 5) is 11.5. The molecule has 1 aromatic rings. The molecule has 0 heterocycles. The standard InChI is InChI=1S/C14H22N2O/c1-4-6-9-15-14(17)16-13-8-7-11(3)12(5-2)10-13/h7-8,10H,4-6,9H2,1-3H3,(H2,15,16,17). The quantitative estimate of drug-likeness (QED) is 0.752. The van der Waals surface area contributed by atoms with Gasteiger partial charge in [-0.1, -0.05) is 26.3 Å². The molecule has 3 nitrogen and oxygen atoms in total. The van der Waals surface area contributed by atoms with Crippen LogP contribution in [0.5, 0.6) is 0 Å². The van der Waals surface area contributed by atoms with Crippen molar-refractivity contribution in [2.24, 2.45) is 0 Å². The highest BCUT2D eigenvalue weighted by molar-refractivity contribution is 5.89. The van der Waals surface area contributed by atoms with Crippen LogP contribution in [0.15, 0.2) is 18.2 Å². The van der Waals surface area contributed by atoms with E-state index in [1.807, 2.05) is 18.2 Å². The summed E-state index contributed by atoms with van der Waals surface area (Å²) >= 11 is 0. The van der Waals surface area contributed by atoms with Gasteiger partial charge in [-0.05, 0) is 43.0 Å². The molecule has 94 valence electrons. The molecule has 1 aromatic carbocycles. The second-order valence-electron chi connectivity index (χ2n) is 4.23. The minimum Gasteiger partial charge on any atom is -0.338 e. The number of carbonyl (C=O) groups is 1. The van der Waals surface area contributed by atoms with Gasteiger partial charge in [0.1, 0.15) is 0 Å². The summed E-state index contributed by atoms with van der Waals surface area (Å²) < 4.78 is 0. The number of unbranched alkanes of at least 4 members (excludes halogenated alkanes) is 1. The molecular weight excluding hydrogens is 212 g/mol. The fourth-order valence-electron chi connectivity index (χ4n) is 1.68. The molecule has 0 spiro atoms. The summed E-state index contributed by atoms with van der Waals surface area (Å²) in [6, 6.07) is 5.90. The van der Waals surface area contributed by atoms with E-state index in [-0.39, 0.29) is 6.03 Å². The van der Waals surface area contributed by atoms with E-state index in [0.29, 0.717) is 0 Å². The average Bonchev–Trinajstić information content (AvgIpc) is 2.32. The molecule has 0 aliphatic heterocycles. The zero-order valence-electron chi connectivity index (χ0n) is 11.0. The van der Waals surface area contributed by atoms with Crippen LogP contribution in [-0.2, 0) is 6.42 Å². The Morgan fingerprint density at radius 3 is 2.71 bits per heavy atom. The summed E-state index contributed by atoms with van der Waals surface area (Å²) in [7, 11) is 0. The Morgan fingerprint density at radius 2 is 2.06 bits per heavy atom. The Kier molecular flexibility index (Phi) is 5.53. The smallest absolute Gasteiger partial charge is 0.319 e. The van der Waals surface area contributed by atoms with Gasteiger partial charge in [-0.15, -0.1) is 0 Å². The molecule has 17 heavy (non-hydrogen) atoms. The van der Waals surface area contributed by atoms with E-state index < -0.39 is 0 Å². The van der Waals surface area contributed by atoms with Crippen molar-refractivity contribution in [1.82, 2.24) is 5.32 Å². The van der Waals surface area contributed by atoms with Crippen LogP contribution in [-0.4, -0.2) is 12.6 Å². The zero-order chi connectivity index (χ0) is 12.7. The van der Waals surface area contributed by atoms with E-state index in [9.17, 15) is 4.79 Å². The molecule has 3 heteroatoms. The van der Waals surface area contributed by atoms with Gasteiger partial charge >= 0.3 is 6.03 Å². The maximum absolute atomic E-state index is 11.5. The Bertz CT molecular complexity index is 374. The number of amides is 2. The summed E-state index contributed by atoms with van der Waals surface area (Å²) in [5.74, 6) is 0. The number of benzene rings is 1. The number of hydrogen-bond acceptors (Lipinski definition) is 1. The third-order valence-corrected chi connectivity index (χ3v) is 2.80. The summed E-state index contributed by atoms with van der Waals surface area (Å²) in [5.41, 5.74) is 3.40. The molecule has 2 N–H and O–H groups in total. The number of aryl methyl sites for hydroxylation is 2. The van der Waals surface area contributed by atoms with Crippen molar-refractivity contribution in [3.05, 3.63) is 29.3 Å². The van der Waals surface area contributed by atoms with Crippen LogP contribution in [0.25, 0.3) is 0 Å². The highest BCUT2D eigenvalue weighted by atomic mass is 16.2. The Hall–Kier alpha value is -1.51. The fraction of sp³-hybridized carbons (Fsp3) is 0.500. The number of carbonyl (C=O) groups excluding carboxylic acids is 1. The van der Waals surface area contributed by atoms with Gasteiger partial charge in [0.05, 0.1) is 0 Å². The lowest BCUT2D eigenvalue weighted by atomic mass is 10.1. The first-order valence-electron chi connectivity index (χ1n) is 6.31. The van der Waals surface area contributed by atoms with Crippen LogP contribution in [0.4, 0.5) is 10.5 Å². The molecule has 0 saturated carbocycles. The summed E-state index contributed by atoms with van der Waals surface area (Å²) in [5, 5.41) is 5.69. The van der Waals surface area contributed by atoms with Gasteiger partial charge in [-0.2, -0.15) is 0 Å². The normalized spacial score (nSPS) is 10.1. The molecule has 0 fully saturated rings. The lowest BCUT2D eigenvalue weighted by Gasteiger charge is -2.09. The Morgan fingerprint density at radius 1 is 1.29 bits per heavy atom. The van der Waals surface area contributed by atoms with E-state index >= 15 is 0 Å². The molecule has 0 aliphatic carbocycles. The minimum atomic E-state index is -0.121. The van der Waals surface area contributed by atoms with Crippen molar-refractivity contribution in [3.8, 4) is 0 Å². The summed E-state index contributed by atoms with van der Waals surface area (Å²) in [6.07, 6.45) is 3.09. The lowest BCUT2D eigenvalue weighted by Crippen LogP contribution is -2.29. The minimum absolute atomic E-state index is 0.121. The number of anilines is 1. The number of hydrogen-bond donors (Lipinski definition) is 2. The zero-order valence-corrected chi connectivity index (χ0v) is 11.0. The molecule has 0 aromatic heterocycles. The third kappa shape index (κ3) is 4.47. The molecule has 0 saturated heterocycles. The second kappa shape index (κ2) is 6.94. The second-order valence-corrected chi connectivity index (χ2v) is 4.23. The maximum atomic E-state index is 11.5. The number of urea groups is 1. The molecule has 0 aliphatic rings. The van der Waals surface area contributed by atoms with E-state index in [1.54, 1.807) is 0 Å².